The van der Waals surface area contributed by atoms with E-state index in [0.717, 1.165) is 0 Å². The van der Waals surface area contributed by atoms with Gasteiger partial charge < -0.3 is 10.1 Å². The lowest BCUT2D eigenvalue weighted by Gasteiger charge is -2.06. The summed E-state index contributed by atoms with van der Waals surface area (Å²) in [6.07, 6.45) is 1.22. The number of nitrogens with zero attached hydrogens (tertiary/aromatic N) is 3. The number of rotatable bonds is 3. The molecule has 94 valence electrons. The molecular weight excluding hydrogens is 277 g/mol. The van der Waals surface area contributed by atoms with Crippen LogP contribution in [-0.4, -0.2) is 14.5 Å². The van der Waals surface area contributed by atoms with Gasteiger partial charge in [0.1, 0.15) is 12.7 Å². The Kier molecular flexibility index (Phi) is 3.54. The van der Waals surface area contributed by atoms with Gasteiger partial charge in [0.25, 0.3) is 0 Å². The third kappa shape index (κ3) is 2.32. The first-order valence-electron chi connectivity index (χ1n) is 5.10. The standard InChI is InChI=1S/C11H9Cl2N3O2/c1-7-14-5-11(16(17)18)15(7)6-8-9(12)3-2-4-10(8)13/h2-5H,6H2,1H3. The van der Waals surface area contributed by atoms with Crippen LogP contribution in [0.2, 0.25) is 10.0 Å². The normalized spacial score (nSPS) is 10.6. The molecule has 1 aromatic carbocycles. The van der Waals surface area contributed by atoms with Crippen LogP contribution in [0.4, 0.5) is 5.82 Å². The topological polar surface area (TPSA) is 61.0 Å². The highest BCUT2D eigenvalue weighted by atomic mass is 35.5. The summed E-state index contributed by atoms with van der Waals surface area (Å²) in [5.74, 6) is 0.459. The molecule has 0 N–H and O–H groups in total. The summed E-state index contributed by atoms with van der Waals surface area (Å²) in [6.45, 7) is 1.92. The molecule has 0 atom stereocenters. The molecule has 0 aliphatic carbocycles. The van der Waals surface area contributed by atoms with E-state index in [1.807, 2.05) is 0 Å². The summed E-state index contributed by atoms with van der Waals surface area (Å²) >= 11 is 12.1. The zero-order chi connectivity index (χ0) is 13.3. The minimum Gasteiger partial charge on any atom is -0.358 e. The van der Waals surface area contributed by atoms with E-state index in [0.29, 0.717) is 21.4 Å². The fourth-order valence-corrected chi connectivity index (χ4v) is 2.16. The van der Waals surface area contributed by atoms with Crippen LogP contribution in [-0.2, 0) is 6.54 Å². The van der Waals surface area contributed by atoms with E-state index in [4.69, 9.17) is 23.2 Å². The molecular formula is C11H9Cl2N3O2. The summed E-state index contributed by atoms with van der Waals surface area (Å²) in [6, 6.07) is 5.12. The summed E-state index contributed by atoms with van der Waals surface area (Å²) in [7, 11) is 0. The Hall–Kier alpha value is -1.59. The predicted octanol–water partition coefficient (Wildman–Crippen LogP) is 3.45. The van der Waals surface area contributed by atoms with Gasteiger partial charge in [0.2, 0.25) is 0 Å². The van der Waals surface area contributed by atoms with Crippen molar-refractivity contribution in [3.8, 4) is 0 Å². The van der Waals surface area contributed by atoms with Crippen molar-refractivity contribution >= 4 is 29.0 Å². The van der Waals surface area contributed by atoms with Crippen LogP contribution in [0, 0.1) is 17.0 Å². The van der Waals surface area contributed by atoms with Gasteiger partial charge >= 0.3 is 5.82 Å². The Morgan fingerprint density at radius 1 is 1.39 bits per heavy atom. The number of hydrogen-bond acceptors (Lipinski definition) is 3. The molecule has 0 bridgehead atoms. The molecule has 0 saturated heterocycles. The maximum Gasteiger partial charge on any atom is 0.343 e. The smallest absolute Gasteiger partial charge is 0.343 e. The third-order valence-corrected chi connectivity index (χ3v) is 3.31. The lowest BCUT2D eigenvalue weighted by atomic mass is 10.2. The lowest BCUT2D eigenvalue weighted by Crippen LogP contribution is -2.07. The highest BCUT2D eigenvalue weighted by Crippen LogP contribution is 2.27. The molecule has 2 rings (SSSR count). The Bertz CT molecular complexity index is 590. The van der Waals surface area contributed by atoms with Gasteiger partial charge in [-0.25, -0.2) is 9.55 Å². The van der Waals surface area contributed by atoms with Crippen LogP contribution >= 0.6 is 23.2 Å². The fraction of sp³-hybridized carbons (Fsp3) is 0.182. The van der Waals surface area contributed by atoms with E-state index >= 15 is 0 Å². The molecule has 0 amide bonds. The first-order valence-corrected chi connectivity index (χ1v) is 5.85. The second kappa shape index (κ2) is 4.96. The Labute approximate surface area is 113 Å². The molecule has 5 nitrogen and oxygen atoms in total. The maximum atomic E-state index is 10.9. The van der Waals surface area contributed by atoms with E-state index in [2.05, 4.69) is 4.98 Å². The molecule has 18 heavy (non-hydrogen) atoms. The Balaban J connectivity index is 2.46. The molecule has 0 spiro atoms. The number of imidazole rings is 1. The zero-order valence-corrected chi connectivity index (χ0v) is 10.9. The van der Waals surface area contributed by atoms with Crippen molar-refractivity contribution in [2.75, 3.05) is 0 Å². The van der Waals surface area contributed by atoms with Crippen LogP contribution in [0.5, 0.6) is 0 Å². The van der Waals surface area contributed by atoms with E-state index in [9.17, 15) is 10.1 Å². The number of nitro groups is 1. The molecule has 0 unspecified atom stereocenters. The minimum atomic E-state index is -0.481. The average Bonchev–Trinajstić information content (AvgIpc) is 2.66. The van der Waals surface area contributed by atoms with Gasteiger partial charge in [-0.1, -0.05) is 29.3 Å². The van der Waals surface area contributed by atoms with Crippen molar-refractivity contribution in [3.63, 3.8) is 0 Å². The molecule has 0 radical (unpaired) electrons. The van der Waals surface area contributed by atoms with Gasteiger partial charge in [0.05, 0.1) is 0 Å². The van der Waals surface area contributed by atoms with Gasteiger partial charge in [-0.05, 0) is 17.1 Å². The second-order valence-corrected chi connectivity index (χ2v) is 4.52. The third-order valence-electron chi connectivity index (χ3n) is 2.60. The number of aryl methyl sites for hydroxylation is 1. The van der Waals surface area contributed by atoms with E-state index in [1.54, 1.807) is 25.1 Å². The van der Waals surface area contributed by atoms with Crippen LogP contribution in [0.25, 0.3) is 0 Å². The quantitative estimate of drug-likeness (QED) is 0.641. The average molecular weight is 286 g/mol. The Morgan fingerprint density at radius 2 is 2.00 bits per heavy atom. The van der Waals surface area contributed by atoms with Crippen LogP contribution in [0.3, 0.4) is 0 Å². The van der Waals surface area contributed by atoms with Gasteiger partial charge in [-0.2, -0.15) is 0 Å². The summed E-state index contributed by atoms with van der Waals surface area (Å²) in [5.41, 5.74) is 0.644. The molecule has 0 saturated carbocycles. The van der Waals surface area contributed by atoms with E-state index < -0.39 is 4.92 Å². The van der Waals surface area contributed by atoms with Gasteiger partial charge in [0.15, 0.2) is 5.82 Å². The second-order valence-electron chi connectivity index (χ2n) is 3.71. The minimum absolute atomic E-state index is 0.0801. The van der Waals surface area contributed by atoms with Crippen molar-refractivity contribution < 1.29 is 4.92 Å². The van der Waals surface area contributed by atoms with Crippen molar-refractivity contribution in [2.45, 2.75) is 13.5 Å². The Morgan fingerprint density at radius 3 is 2.56 bits per heavy atom. The summed E-state index contributed by atoms with van der Waals surface area (Å²) < 4.78 is 1.47. The number of aromatic nitrogens is 2. The van der Waals surface area contributed by atoms with Crippen molar-refractivity contribution in [1.82, 2.24) is 9.55 Å². The lowest BCUT2D eigenvalue weighted by molar-refractivity contribution is -0.392. The fourth-order valence-electron chi connectivity index (χ4n) is 1.64. The monoisotopic (exact) mass is 285 g/mol. The molecule has 2 aromatic rings. The number of halogens is 2. The van der Waals surface area contributed by atoms with Crippen LogP contribution in [0.15, 0.2) is 24.4 Å². The highest BCUT2D eigenvalue weighted by molar-refractivity contribution is 6.35. The van der Waals surface area contributed by atoms with Crippen molar-refractivity contribution in [3.05, 3.63) is 55.9 Å². The predicted molar refractivity (Wildman–Crippen MR) is 69.2 cm³/mol. The first kappa shape index (κ1) is 12.9. The zero-order valence-electron chi connectivity index (χ0n) is 9.43. The van der Waals surface area contributed by atoms with Crippen LogP contribution in [0.1, 0.15) is 11.4 Å². The van der Waals surface area contributed by atoms with E-state index in [-0.39, 0.29) is 12.4 Å². The number of hydrogen-bond donors (Lipinski definition) is 0. The summed E-state index contributed by atoms with van der Waals surface area (Å²) in [4.78, 5) is 14.3. The molecule has 1 heterocycles. The molecule has 0 fully saturated rings. The summed E-state index contributed by atoms with van der Waals surface area (Å²) in [5, 5.41) is 11.8. The first-order chi connectivity index (χ1) is 8.50. The van der Waals surface area contributed by atoms with E-state index in [1.165, 1.54) is 10.8 Å². The largest absolute Gasteiger partial charge is 0.358 e. The molecule has 7 heteroatoms. The van der Waals surface area contributed by atoms with Gasteiger partial charge in [-0.3, -0.25) is 0 Å². The molecule has 1 aromatic heterocycles. The molecule has 0 aliphatic heterocycles. The molecule has 0 aliphatic rings. The number of benzene rings is 1. The maximum absolute atomic E-state index is 10.9. The van der Waals surface area contributed by atoms with Crippen molar-refractivity contribution in [2.24, 2.45) is 0 Å². The van der Waals surface area contributed by atoms with Gasteiger partial charge in [-0.15, -0.1) is 0 Å². The van der Waals surface area contributed by atoms with Gasteiger partial charge in [0, 0.05) is 22.5 Å². The highest BCUT2D eigenvalue weighted by Gasteiger charge is 2.19. The van der Waals surface area contributed by atoms with Crippen LogP contribution < -0.4 is 0 Å². The van der Waals surface area contributed by atoms with Crippen molar-refractivity contribution in [1.29, 1.82) is 0 Å². The SMILES string of the molecule is Cc1ncc([N+](=O)[O-])n1Cc1c(Cl)cccc1Cl.